The lowest BCUT2D eigenvalue weighted by molar-refractivity contribution is -0.126. The van der Waals surface area contributed by atoms with E-state index in [4.69, 9.17) is 5.73 Å². The Balaban J connectivity index is 1.94. The van der Waals surface area contributed by atoms with Crippen molar-refractivity contribution < 1.29 is 9.59 Å². The Morgan fingerprint density at radius 1 is 1.22 bits per heavy atom. The molecule has 0 spiro atoms. The Kier molecular flexibility index (Phi) is 4.73. The van der Waals surface area contributed by atoms with Gasteiger partial charge in [0.1, 0.15) is 6.04 Å². The number of primary amides is 1. The van der Waals surface area contributed by atoms with E-state index < -0.39 is 12.1 Å². The van der Waals surface area contributed by atoms with Crippen molar-refractivity contribution in [2.75, 3.05) is 6.54 Å². The molecule has 1 fully saturated rings. The van der Waals surface area contributed by atoms with E-state index in [2.05, 4.69) is 16.3 Å². The highest BCUT2D eigenvalue weighted by Gasteiger charge is 2.37. The van der Waals surface area contributed by atoms with Gasteiger partial charge in [0.05, 0.1) is 0 Å². The van der Waals surface area contributed by atoms with Crippen LogP contribution in [0.4, 0.5) is 4.79 Å². The zero-order valence-corrected chi connectivity index (χ0v) is 13.5. The normalized spacial score (nSPS) is 19.4. The number of nitrogens with zero attached hydrogens (tertiary/aromatic N) is 1. The summed E-state index contributed by atoms with van der Waals surface area (Å²) in [6.45, 7) is 0.814. The van der Waals surface area contributed by atoms with Gasteiger partial charge in [0.15, 0.2) is 0 Å². The maximum Gasteiger partial charge on any atom is 0.318 e. The molecule has 5 nitrogen and oxygen atoms in total. The number of hydrogen-bond donors (Lipinski definition) is 2. The van der Waals surface area contributed by atoms with Gasteiger partial charge in [-0.15, -0.1) is 11.3 Å². The molecule has 23 heavy (non-hydrogen) atoms. The average Bonchev–Trinajstić information content (AvgIpc) is 3.18. The molecule has 1 aromatic heterocycles. The third-order valence-electron chi connectivity index (χ3n) is 4.11. The molecule has 1 aliphatic rings. The fourth-order valence-electron chi connectivity index (χ4n) is 3.20. The Hall–Kier alpha value is -2.18. The molecule has 2 atom stereocenters. The Morgan fingerprint density at radius 3 is 2.65 bits per heavy atom. The maximum atomic E-state index is 12.6. The highest BCUT2D eigenvalue weighted by molar-refractivity contribution is 7.10. The van der Waals surface area contributed by atoms with E-state index in [1.54, 1.807) is 11.3 Å². The first kappa shape index (κ1) is 15.7. The second-order valence-electron chi connectivity index (χ2n) is 5.58. The van der Waals surface area contributed by atoms with E-state index in [1.165, 1.54) is 4.88 Å². The van der Waals surface area contributed by atoms with Gasteiger partial charge in [-0.25, -0.2) is 4.79 Å². The van der Waals surface area contributed by atoms with Crippen LogP contribution >= 0.6 is 11.3 Å². The molecule has 0 saturated carbocycles. The molecule has 0 unspecified atom stereocenters. The van der Waals surface area contributed by atoms with Crippen LogP contribution in [0.25, 0.3) is 0 Å². The van der Waals surface area contributed by atoms with Crippen LogP contribution in [0, 0.1) is 0 Å². The second kappa shape index (κ2) is 6.93. The molecule has 0 aliphatic carbocycles. The van der Waals surface area contributed by atoms with Crippen LogP contribution in [0.5, 0.6) is 0 Å². The molecule has 2 aromatic rings. The van der Waals surface area contributed by atoms with Crippen molar-refractivity contribution in [2.45, 2.75) is 24.9 Å². The van der Waals surface area contributed by atoms with E-state index in [0.717, 1.165) is 24.9 Å². The minimum absolute atomic E-state index is 0.193. The maximum absolute atomic E-state index is 12.6. The smallest absolute Gasteiger partial charge is 0.318 e. The SMILES string of the molecule is NC(=O)NC(=O)[C@@H](c1ccccc1)N1CCC[C@H]1c1cccs1. The van der Waals surface area contributed by atoms with Crippen LogP contribution in [0.1, 0.15) is 35.4 Å². The largest absolute Gasteiger partial charge is 0.351 e. The summed E-state index contributed by atoms with van der Waals surface area (Å²) in [6.07, 6.45) is 2.03. The van der Waals surface area contributed by atoms with E-state index >= 15 is 0 Å². The van der Waals surface area contributed by atoms with Crippen molar-refractivity contribution in [1.82, 2.24) is 10.2 Å². The summed E-state index contributed by atoms with van der Waals surface area (Å²) in [5, 5.41) is 4.29. The predicted molar refractivity (Wildman–Crippen MR) is 89.9 cm³/mol. The molecule has 1 saturated heterocycles. The van der Waals surface area contributed by atoms with Crippen LogP contribution < -0.4 is 11.1 Å². The Labute approximate surface area is 139 Å². The van der Waals surface area contributed by atoms with Crippen LogP contribution in [-0.2, 0) is 4.79 Å². The lowest BCUT2D eigenvalue weighted by Gasteiger charge is -2.31. The summed E-state index contributed by atoms with van der Waals surface area (Å²) in [7, 11) is 0. The van der Waals surface area contributed by atoms with E-state index in [0.29, 0.717) is 0 Å². The van der Waals surface area contributed by atoms with E-state index in [-0.39, 0.29) is 11.9 Å². The summed E-state index contributed by atoms with van der Waals surface area (Å²) in [6, 6.07) is 12.5. The quantitative estimate of drug-likeness (QED) is 0.905. The zero-order chi connectivity index (χ0) is 16.2. The number of amides is 3. The minimum atomic E-state index is -0.817. The van der Waals surface area contributed by atoms with Crippen molar-refractivity contribution in [1.29, 1.82) is 0 Å². The molecule has 2 heterocycles. The van der Waals surface area contributed by atoms with Crippen LogP contribution in [0.3, 0.4) is 0 Å². The average molecular weight is 329 g/mol. The zero-order valence-electron chi connectivity index (χ0n) is 12.6. The van der Waals surface area contributed by atoms with E-state index in [1.807, 2.05) is 41.8 Å². The van der Waals surface area contributed by atoms with Gasteiger partial charge >= 0.3 is 6.03 Å². The third kappa shape index (κ3) is 3.43. The number of benzene rings is 1. The van der Waals surface area contributed by atoms with Crippen LogP contribution in [-0.4, -0.2) is 23.4 Å². The molecule has 1 aliphatic heterocycles. The first-order chi connectivity index (χ1) is 11.2. The molecule has 3 amide bonds. The fraction of sp³-hybridized carbons (Fsp3) is 0.294. The Bertz CT molecular complexity index is 672. The monoisotopic (exact) mass is 329 g/mol. The molecule has 0 radical (unpaired) electrons. The summed E-state index contributed by atoms with van der Waals surface area (Å²) in [4.78, 5) is 27.2. The molecule has 6 heteroatoms. The second-order valence-corrected chi connectivity index (χ2v) is 6.56. The number of rotatable bonds is 4. The van der Waals surface area contributed by atoms with Gasteiger partial charge in [0.25, 0.3) is 0 Å². The number of carbonyl (C=O) groups excluding carboxylic acids is 2. The number of nitrogens with two attached hydrogens (primary N) is 1. The molecule has 120 valence electrons. The van der Waals surface area contributed by atoms with Crippen molar-refractivity contribution in [2.24, 2.45) is 5.73 Å². The van der Waals surface area contributed by atoms with Crippen molar-refractivity contribution in [3.63, 3.8) is 0 Å². The number of hydrogen-bond acceptors (Lipinski definition) is 4. The van der Waals surface area contributed by atoms with Gasteiger partial charge in [0.2, 0.25) is 5.91 Å². The molecular weight excluding hydrogens is 310 g/mol. The van der Waals surface area contributed by atoms with Gasteiger partial charge in [0, 0.05) is 10.9 Å². The lowest BCUT2D eigenvalue weighted by atomic mass is 10.0. The van der Waals surface area contributed by atoms with Gasteiger partial charge < -0.3 is 5.73 Å². The molecule has 0 bridgehead atoms. The first-order valence-corrected chi connectivity index (χ1v) is 8.49. The predicted octanol–water partition coefficient (Wildman–Crippen LogP) is 2.82. The van der Waals surface area contributed by atoms with Gasteiger partial charge in [-0.1, -0.05) is 36.4 Å². The van der Waals surface area contributed by atoms with Gasteiger partial charge in [-0.05, 0) is 36.4 Å². The van der Waals surface area contributed by atoms with Gasteiger partial charge in [-0.2, -0.15) is 0 Å². The number of nitrogens with one attached hydrogen (secondary N) is 1. The molecule has 3 N–H and O–H groups in total. The number of likely N-dealkylation sites (tertiary alicyclic amines) is 1. The number of thiophene rings is 1. The number of carbonyl (C=O) groups is 2. The summed E-state index contributed by atoms with van der Waals surface area (Å²) < 4.78 is 0. The standard InChI is InChI=1S/C17H19N3O2S/c18-17(22)19-16(21)15(12-6-2-1-3-7-12)20-10-4-8-13(20)14-9-5-11-23-14/h1-3,5-7,9,11,13,15H,4,8,10H2,(H3,18,19,21,22)/t13-,15+/m0/s1. The van der Waals surface area contributed by atoms with E-state index in [9.17, 15) is 9.59 Å². The van der Waals surface area contributed by atoms with Crippen molar-refractivity contribution in [3.8, 4) is 0 Å². The molecule has 3 rings (SSSR count). The van der Waals surface area contributed by atoms with Crippen molar-refractivity contribution >= 4 is 23.3 Å². The lowest BCUT2D eigenvalue weighted by Crippen LogP contribution is -2.44. The Morgan fingerprint density at radius 2 is 2.00 bits per heavy atom. The third-order valence-corrected chi connectivity index (χ3v) is 5.08. The summed E-state index contributed by atoms with van der Waals surface area (Å²) in [5.41, 5.74) is 6.02. The number of imide groups is 1. The molecular formula is C17H19N3O2S. The van der Waals surface area contributed by atoms with Crippen LogP contribution in [0.2, 0.25) is 0 Å². The van der Waals surface area contributed by atoms with Gasteiger partial charge in [-0.3, -0.25) is 15.0 Å². The number of urea groups is 1. The van der Waals surface area contributed by atoms with Crippen LogP contribution in [0.15, 0.2) is 47.8 Å². The first-order valence-electron chi connectivity index (χ1n) is 7.61. The highest BCUT2D eigenvalue weighted by Crippen LogP contribution is 2.40. The summed E-state index contributed by atoms with van der Waals surface area (Å²) >= 11 is 1.70. The molecule has 1 aromatic carbocycles. The highest BCUT2D eigenvalue weighted by atomic mass is 32.1. The summed E-state index contributed by atoms with van der Waals surface area (Å²) in [5.74, 6) is -0.368. The fourth-order valence-corrected chi connectivity index (χ4v) is 4.08. The van der Waals surface area contributed by atoms with Crippen molar-refractivity contribution in [3.05, 3.63) is 58.3 Å². The topological polar surface area (TPSA) is 75.4 Å². The minimum Gasteiger partial charge on any atom is -0.351 e.